The molecule has 2 aromatic heterocycles. The van der Waals surface area contributed by atoms with Gasteiger partial charge < -0.3 is 21.1 Å². The van der Waals surface area contributed by atoms with Crippen LogP contribution in [-0.4, -0.2) is 82.2 Å². The quantitative estimate of drug-likeness (QED) is 0.176. The number of amides is 2. The van der Waals surface area contributed by atoms with Gasteiger partial charge in [0.15, 0.2) is 0 Å². The standard InChI is InChI=1S/C34H42FN9O3.ClH/c1-43(2)16-3-17-47-31-15-11-26(21-38-31)28-14-6-23(18-29(28)35)19-30(37)34(46)44(33(45)25-7-4-22(20-36)5-8-25)27-12-9-24(10-13-27)32-39-41-42-40-32;/h6,9-15,18,21-22,25,30H,3-5,7-8,16-17,19-20,36-37H2,1-2H3,(H,39,40,41,42);1H/t22?,25?,30-;/m0./s1. The van der Waals surface area contributed by atoms with E-state index in [1.807, 2.05) is 14.1 Å². The highest BCUT2D eigenvalue weighted by atomic mass is 35.5. The van der Waals surface area contributed by atoms with E-state index in [0.717, 1.165) is 25.8 Å². The number of tetrazole rings is 1. The Bertz CT molecular complexity index is 1610. The molecule has 0 spiro atoms. The fourth-order valence-corrected chi connectivity index (χ4v) is 5.84. The minimum Gasteiger partial charge on any atom is -0.478 e. The lowest BCUT2D eigenvalue weighted by atomic mass is 9.81. The van der Waals surface area contributed by atoms with Crippen LogP contribution >= 0.6 is 12.4 Å². The van der Waals surface area contributed by atoms with Crippen molar-refractivity contribution in [1.29, 1.82) is 0 Å². The van der Waals surface area contributed by atoms with Crippen molar-refractivity contribution in [3.8, 4) is 28.4 Å². The number of hydrogen-bond donors (Lipinski definition) is 3. The molecule has 1 aliphatic carbocycles. The van der Waals surface area contributed by atoms with Crippen LogP contribution < -0.4 is 21.1 Å². The van der Waals surface area contributed by atoms with E-state index in [2.05, 4.69) is 30.5 Å². The summed E-state index contributed by atoms with van der Waals surface area (Å²) >= 11 is 0. The molecule has 48 heavy (non-hydrogen) atoms. The first kappa shape index (κ1) is 36.5. The summed E-state index contributed by atoms with van der Waals surface area (Å²) in [5, 5.41) is 14.0. The molecule has 0 radical (unpaired) electrons. The number of halogens is 2. The van der Waals surface area contributed by atoms with Gasteiger partial charge in [0, 0.05) is 41.4 Å². The molecule has 5 rings (SSSR count). The molecule has 1 fully saturated rings. The van der Waals surface area contributed by atoms with E-state index >= 15 is 4.39 Å². The van der Waals surface area contributed by atoms with E-state index < -0.39 is 17.8 Å². The van der Waals surface area contributed by atoms with Gasteiger partial charge in [0.05, 0.1) is 18.3 Å². The molecule has 14 heteroatoms. The predicted octanol–water partition coefficient (Wildman–Crippen LogP) is 4.01. The lowest BCUT2D eigenvalue weighted by Crippen LogP contribution is -2.50. The third-order valence-electron chi connectivity index (χ3n) is 8.55. The molecule has 0 aliphatic heterocycles. The second-order valence-corrected chi connectivity index (χ2v) is 12.3. The monoisotopic (exact) mass is 679 g/mol. The second-order valence-electron chi connectivity index (χ2n) is 12.3. The van der Waals surface area contributed by atoms with Crippen LogP contribution in [0.25, 0.3) is 22.5 Å². The van der Waals surface area contributed by atoms with Crippen molar-refractivity contribution in [2.24, 2.45) is 23.3 Å². The highest BCUT2D eigenvalue weighted by molar-refractivity contribution is 6.17. The molecule has 2 amide bonds. The largest absolute Gasteiger partial charge is 0.478 e. The van der Waals surface area contributed by atoms with Crippen molar-refractivity contribution in [1.82, 2.24) is 30.5 Å². The highest BCUT2D eigenvalue weighted by Gasteiger charge is 2.35. The number of hydrogen-bond acceptors (Lipinski definition) is 10. The van der Waals surface area contributed by atoms with Crippen LogP contribution in [0.4, 0.5) is 10.1 Å². The summed E-state index contributed by atoms with van der Waals surface area (Å²) in [5.41, 5.74) is 14.9. The Morgan fingerprint density at radius 2 is 1.77 bits per heavy atom. The summed E-state index contributed by atoms with van der Waals surface area (Å²) in [7, 11) is 4.01. The zero-order valence-corrected chi connectivity index (χ0v) is 28.0. The molecule has 1 atom stereocenters. The third-order valence-corrected chi connectivity index (χ3v) is 8.55. The Kier molecular flexibility index (Phi) is 13.1. The van der Waals surface area contributed by atoms with Gasteiger partial charge in [-0.15, -0.1) is 22.6 Å². The van der Waals surface area contributed by atoms with Crippen LogP contribution in [0.1, 0.15) is 37.7 Å². The molecule has 2 aromatic carbocycles. The van der Waals surface area contributed by atoms with Crippen LogP contribution in [0.2, 0.25) is 0 Å². The van der Waals surface area contributed by atoms with Crippen molar-refractivity contribution < 1.29 is 18.7 Å². The molecule has 1 aliphatic rings. The Morgan fingerprint density at radius 3 is 2.38 bits per heavy atom. The summed E-state index contributed by atoms with van der Waals surface area (Å²) in [4.78, 5) is 35.4. The average molecular weight is 680 g/mol. The van der Waals surface area contributed by atoms with Crippen molar-refractivity contribution in [3.63, 3.8) is 0 Å². The fraction of sp³-hybridized carbons (Fsp3) is 0.412. The first-order valence-electron chi connectivity index (χ1n) is 15.9. The summed E-state index contributed by atoms with van der Waals surface area (Å²) in [6.45, 7) is 2.02. The number of rotatable bonds is 13. The number of ether oxygens (including phenoxy) is 1. The first-order valence-corrected chi connectivity index (χ1v) is 15.9. The minimum atomic E-state index is -1.09. The number of imide groups is 1. The lowest BCUT2D eigenvalue weighted by Gasteiger charge is -2.32. The van der Waals surface area contributed by atoms with Gasteiger partial charge in [-0.05, 0) is 112 Å². The minimum absolute atomic E-state index is 0. The Morgan fingerprint density at radius 1 is 1.04 bits per heavy atom. The van der Waals surface area contributed by atoms with E-state index in [4.69, 9.17) is 16.2 Å². The van der Waals surface area contributed by atoms with Gasteiger partial charge in [-0.3, -0.25) is 9.59 Å². The van der Waals surface area contributed by atoms with E-state index in [-0.39, 0.29) is 30.7 Å². The number of nitrogens with one attached hydrogen (secondary N) is 1. The number of aromatic nitrogens is 5. The van der Waals surface area contributed by atoms with Crippen LogP contribution in [0.5, 0.6) is 5.88 Å². The van der Waals surface area contributed by atoms with Crippen LogP contribution in [0.15, 0.2) is 60.8 Å². The molecule has 5 N–H and O–H groups in total. The number of carbonyl (C=O) groups is 2. The van der Waals surface area contributed by atoms with E-state index in [9.17, 15) is 9.59 Å². The fourth-order valence-electron chi connectivity index (χ4n) is 5.84. The van der Waals surface area contributed by atoms with Crippen molar-refractivity contribution >= 4 is 29.9 Å². The molecule has 256 valence electrons. The van der Waals surface area contributed by atoms with Gasteiger partial charge in [0.2, 0.25) is 17.6 Å². The molecular weight excluding hydrogens is 637 g/mol. The van der Waals surface area contributed by atoms with Crippen molar-refractivity contribution in [3.05, 3.63) is 72.2 Å². The first-order chi connectivity index (χ1) is 22.7. The topological polar surface area (TPSA) is 169 Å². The zero-order valence-electron chi connectivity index (χ0n) is 27.2. The van der Waals surface area contributed by atoms with Gasteiger partial charge in [-0.1, -0.05) is 12.1 Å². The maximum absolute atomic E-state index is 15.3. The average Bonchev–Trinajstić information content (AvgIpc) is 3.63. The number of H-pyrrole nitrogens is 1. The number of nitrogens with two attached hydrogens (primary N) is 2. The van der Waals surface area contributed by atoms with Crippen LogP contribution in [0.3, 0.4) is 0 Å². The van der Waals surface area contributed by atoms with Crippen molar-refractivity contribution in [2.45, 2.75) is 44.6 Å². The Balaban J connectivity index is 0.00000520. The molecule has 0 saturated heterocycles. The molecule has 0 unspecified atom stereocenters. The predicted molar refractivity (Wildman–Crippen MR) is 184 cm³/mol. The van der Waals surface area contributed by atoms with E-state index in [1.165, 1.54) is 11.0 Å². The van der Waals surface area contributed by atoms with Crippen molar-refractivity contribution in [2.75, 3.05) is 38.7 Å². The number of benzene rings is 2. The summed E-state index contributed by atoms with van der Waals surface area (Å²) in [6, 6.07) is 13.9. The smallest absolute Gasteiger partial charge is 0.251 e. The highest BCUT2D eigenvalue weighted by Crippen LogP contribution is 2.32. The molecule has 2 heterocycles. The number of nitrogens with zero attached hydrogens (tertiary/aromatic N) is 6. The van der Waals surface area contributed by atoms with Crippen LogP contribution in [-0.2, 0) is 16.0 Å². The molecule has 0 bridgehead atoms. The SMILES string of the molecule is CN(C)CCCOc1ccc(-c2ccc(C[C@H](N)C(=O)N(C(=O)C3CCC(CN)CC3)c3ccc(-c4nn[nH]n4)cc3)cc2F)cn1.Cl. The van der Waals surface area contributed by atoms with Gasteiger partial charge in [0.25, 0.3) is 5.91 Å². The second kappa shape index (κ2) is 17.2. The van der Waals surface area contributed by atoms with Crippen LogP contribution in [0, 0.1) is 17.7 Å². The van der Waals surface area contributed by atoms with Gasteiger partial charge >= 0.3 is 0 Å². The zero-order chi connectivity index (χ0) is 33.3. The molecule has 12 nitrogen and oxygen atoms in total. The van der Waals surface area contributed by atoms with Gasteiger partial charge in [-0.25, -0.2) is 14.3 Å². The third kappa shape index (κ3) is 9.19. The maximum Gasteiger partial charge on any atom is 0.251 e. The summed E-state index contributed by atoms with van der Waals surface area (Å²) in [6.07, 6.45) is 5.42. The number of aromatic amines is 1. The van der Waals surface area contributed by atoms with Gasteiger partial charge in [0.1, 0.15) is 5.82 Å². The number of anilines is 1. The van der Waals surface area contributed by atoms with Gasteiger partial charge in [-0.2, -0.15) is 5.21 Å². The molecule has 1 saturated carbocycles. The Labute approximate surface area is 285 Å². The molecule has 4 aromatic rings. The van der Waals surface area contributed by atoms with E-state index in [0.29, 0.717) is 71.6 Å². The summed E-state index contributed by atoms with van der Waals surface area (Å²) < 4.78 is 21.0. The Hall–Kier alpha value is -4.30. The lowest BCUT2D eigenvalue weighted by molar-refractivity contribution is -0.130. The normalized spacial score (nSPS) is 16.6. The summed E-state index contributed by atoms with van der Waals surface area (Å²) in [5.74, 6) is -0.414. The molecular formula is C34H43ClFN9O3. The number of pyridine rings is 1. The maximum atomic E-state index is 15.3. The number of carbonyl (C=O) groups excluding carboxylic acids is 2. The van der Waals surface area contributed by atoms with E-state index in [1.54, 1.807) is 54.7 Å².